The number of hydrogen-bond acceptors (Lipinski definition) is 5. The molecule has 3 aromatic carbocycles. The van der Waals surface area contributed by atoms with Gasteiger partial charge in [0.05, 0.1) is 16.1 Å². The fourth-order valence-corrected chi connectivity index (χ4v) is 6.89. The number of benzene rings is 3. The molecule has 4 N–H and O–H groups in total. The lowest BCUT2D eigenvalue weighted by molar-refractivity contribution is 0.100. The van der Waals surface area contributed by atoms with Crippen LogP contribution < -0.4 is 21.1 Å². The number of ether oxygens (including phenoxy) is 1. The third-order valence-corrected chi connectivity index (χ3v) is 8.74. The van der Waals surface area contributed by atoms with E-state index in [1.807, 2.05) is 30.3 Å². The van der Waals surface area contributed by atoms with E-state index in [0.29, 0.717) is 34.5 Å². The summed E-state index contributed by atoms with van der Waals surface area (Å²) in [5.41, 5.74) is 8.77. The second-order valence-corrected chi connectivity index (χ2v) is 11.0. The molecule has 0 aliphatic carbocycles. The maximum Gasteiger partial charge on any atom is 0.249 e. The Morgan fingerprint density at radius 2 is 2.00 bits per heavy atom. The predicted molar refractivity (Wildman–Crippen MR) is 148 cm³/mol. The van der Waals surface area contributed by atoms with E-state index in [2.05, 4.69) is 15.7 Å². The quantitative estimate of drug-likeness (QED) is 0.315. The number of amides is 1. The number of aryl methyl sites for hydroxylation is 1. The number of carbonyl (C=O) groups is 1. The Morgan fingerprint density at radius 1 is 1.20 bits per heavy atom. The first kappa shape index (κ1) is 25.0. The molecule has 40 heavy (non-hydrogen) atoms. The first-order valence-electron chi connectivity index (χ1n) is 13.2. The first-order valence-corrected chi connectivity index (χ1v) is 13.6. The van der Waals surface area contributed by atoms with Crippen LogP contribution in [0.4, 0.5) is 14.5 Å². The molecule has 1 amide bonds. The zero-order valence-corrected chi connectivity index (χ0v) is 22.4. The van der Waals surface area contributed by atoms with E-state index >= 15 is 8.78 Å². The van der Waals surface area contributed by atoms with Gasteiger partial charge in [-0.05, 0) is 42.6 Å². The molecule has 0 spiro atoms. The molecule has 0 bridgehead atoms. The van der Waals surface area contributed by atoms with Crippen LogP contribution in [-0.4, -0.2) is 28.3 Å². The van der Waals surface area contributed by atoms with E-state index in [4.69, 9.17) is 22.1 Å². The third kappa shape index (κ3) is 3.57. The van der Waals surface area contributed by atoms with Gasteiger partial charge < -0.3 is 21.1 Å². The summed E-state index contributed by atoms with van der Waals surface area (Å²) in [6.45, 7) is 0.911. The van der Waals surface area contributed by atoms with Crippen molar-refractivity contribution < 1.29 is 18.3 Å². The van der Waals surface area contributed by atoms with Gasteiger partial charge in [-0.15, -0.1) is 0 Å². The van der Waals surface area contributed by atoms with Gasteiger partial charge in [-0.3, -0.25) is 9.48 Å². The summed E-state index contributed by atoms with van der Waals surface area (Å²) in [5, 5.41) is 11.3. The van der Waals surface area contributed by atoms with Crippen molar-refractivity contribution in [2.45, 2.75) is 37.5 Å². The third-order valence-electron chi connectivity index (χ3n) is 8.37. The number of fused-ring (bicyclic) bond motifs is 4. The summed E-state index contributed by atoms with van der Waals surface area (Å²) in [7, 11) is 1.75. The predicted octanol–water partition coefficient (Wildman–Crippen LogP) is 5.29. The van der Waals surface area contributed by atoms with E-state index in [1.165, 1.54) is 12.1 Å². The molecule has 0 radical (unpaired) electrons. The second kappa shape index (κ2) is 9.04. The van der Waals surface area contributed by atoms with Gasteiger partial charge >= 0.3 is 0 Å². The minimum Gasteiger partial charge on any atom is -0.483 e. The lowest BCUT2D eigenvalue weighted by Gasteiger charge is -2.37. The average molecular weight is 562 g/mol. The van der Waals surface area contributed by atoms with E-state index in [-0.39, 0.29) is 40.1 Å². The SMILES string of the molecule is Cn1cc2c(n1)COc1c-2cc(C(N)=O)c(-c2c(Cl)c(F)cc3c2C[C@](c2ccccc2)([C@@H]2CCCN2)N3)c1F. The van der Waals surface area contributed by atoms with Crippen LogP contribution in [0.2, 0.25) is 5.02 Å². The number of carbonyl (C=O) groups excluding carboxylic acids is 1. The largest absolute Gasteiger partial charge is 0.483 e. The van der Waals surface area contributed by atoms with Crippen LogP contribution in [0.1, 0.15) is 40.0 Å². The molecular formula is C30H26ClF2N5O2. The minimum atomic E-state index is -0.862. The van der Waals surface area contributed by atoms with Crippen molar-refractivity contribution in [1.29, 1.82) is 0 Å². The topological polar surface area (TPSA) is 94.2 Å². The Balaban J connectivity index is 1.47. The highest BCUT2D eigenvalue weighted by Crippen LogP contribution is 2.52. The number of rotatable bonds is 4. The number of nitrogens with two attached hydrogens (primary N) is 1. The number of nitrogens with one attached hydrogen (secondary N) is 2. The molecule has 10 heteroatoms. The second-order valence-electron chi connectivity index (χ2n) is 10.7. The monoisotopic (exact) mass is 561 g/mol. The molecule has 1 aromatic heterocycles. The van der Waals surface area contributed by atoms with Gasteiger partial charge in [0.1, 0.15) is 18.1 Å². The number of primary amides is 1. The summed E-state index contributed by atoms with van der Waals surface area (Å²) < 4.78 is 39.5. The van der Waals surface area contributed by atoms with Gasteiger partial charge in [-0.25, -0.2) is 8.78 Å². The standard InChI is InChI=1S/C30H26ClF2N5O2/c1-38-13-19-16-10-17(29(34)39)25(27(33)28(16)40-14-22(19)37-38)24-18-12-30(23-8-5-9-35-23,15-6-3-2-4-7-15)36-21(18)11-20(32)26(24)31/h2-4,6-7,10-11,13,23,35-36H,5,8-9,12,14H2,1H3,(H2,34,39)/t23-,30-/m0/s1. The normalized spacial score (nSPS) is 20.9. The molecule has 3 aliphatic rings. The van der Waals surface area contributed by atoms with E-state index in [9.17, 15) is 4.79 Å². The maximum atomic E-state index is 16.6. The highest BCUT2D eigenvalue weighted by atomic mass is 35.5. The molecule has 3 aliphatic heterocycles. The van der Waals surface area contributed by atoms with Gasteiger partial charge in [0, 0.05) is 53.6 Å². The molecule has 4 aromatic rings. The van der Waals surface area contributed by atoms with Gasteiger partial charge in [-0.1, -0.05) is 41.9 Å². The smallest absolute Gasteiger partial charge is 0.249 e. The first-order chi connectivity index (χ1) is 19.3. The van der Waals surface area contributed by atoms with Gasteiger partial charge in [0.25, 0.3) is 0 Å². The van der Waals surface area contributed by atoms with Gasteiger partial charge in [0.15, 0.2) is 11.6 Å². The van der Waals surface area contributed by atoms with Crippen molar-refractivity contribution in [3.8, 4) is 28.0 Å². The minimum absolute atomic E-state index is 0.0355. The Bertz CT molecular complexity index is 1700. The Kier molecular flexibility index (Phi) is 5.66. The highest BCUT2D eigenvalue weighted by molar-refractivity contribution is 6.34. The van der Waals surface area contributed by atoms with Crippen molar-refractivity contribution >= 4 is 23.2 Å². The highest BCUT2D eigenvalue weighted by Gasteiger charge is 2.48. The number of hydrogen-bond donors (Lipinski definition) is 3. The summed E-state index contributed by atoms with van der Waals surface area (Å²) >= 11 is 6.64. The lowest BCUT2D eigenvalue weighted by Crippen LogP contribution is -2.50. The fraction of sp³-hybridized carbons (Fsp3) is 0.267. The lowest BCUT2D eigenvalue weighted by atomic mass is 9.78. The molecule has 1 saturated heterocycles. The van der Waals surface area contributed by atoms with Crippen molar-refractivity contribution in [1.82, 2.24) is 15.1 Å². The molecule has 204 valence electrons. The molecule has 2 atom stereocenters. The molecule has 4 heterocycles. The van der Waals surface area contributed by atoms with Crippen LogP contribution >= 0.6 is 11.6 Å². The van der Waals surface area contributed by atoms with Crippen LogP contribution in [0.15, 0.2) is 48.7 Å². The Labute approximate surface area is 234 Å². The van der Waals surface area contributed by atoms with E-state index in [1.54, 1.807) is 17.9 Å². The van der Waals surface area contributed by atoms with Gasteiger partial charge in [-0.2, -0.15) is 5.10 Å². The summed E-state index contributed by atoms with van der Waals surface area (Å²) in [6, 6.07) is 12.8. The molecule has 7 rings (SSSR count). The van der Waals surface area contributed by atoms with Crippen molar-refractivity contribution in [3.63, 3.8) is 0 Å². The Hall–Kier alpha value is -3.95. The average Bonchev–Trinajstić information content (AvgIpc) is 3.69. The molecular weight excluding hydrogens is 536 g/mol. The molecule has 1 fully saturated rings. The Morgan fingerprint density at radius 3 is 2.73 bits per heavy atom. The van der Waals surface area contributed by atoms with Crippen LogP contribution in [0, 0.1) is 11.6 Å². The van der Waals surface area contributed by atoms with Crippen molar-refractivity contribution in [3.05, 3.63) is 87.7 Å². The van der Waals surface area contributed by atoms with E-state index in [0.717, 1.165) is 24.9 Å². The van der Waals surface area contributed by atoms with Crippen LogP contribution in [-0.2, 0) is 25.6 Å². The number of anilines is 1. The van der Waals surface area contributed by atoms with Crippen LogP contribution in [0.3, 0.4) is 0 Å². The zero-order valence-electron chi connectivity index (χ0n) is 21.7. The van der Waals surface area contributed by atoms with Crippen molar-refractivity contribution in [2.75, 3.05) is 11.9 Å². The maximum absolute atomic E-state index is 16.6. The molecule has 7 nitrogen and oxygen atoms in total. The summed E-state index contributed by atoms with van der Waals surface area (Å²) in [4.78, 5) is 12.8. The fourth-order valence-electron chi connectivity index (χ4n) is 6.63. The molecule has 0 unspecified atom stereocenters. The number of halogens is 3. The summed E-state index contributed by atoms with van der Waals surface area (Å²) in [6.07, 6.45) is 4.03. The van der Waals surface area contributed by atoms with Crippen LogP contribution in [0.5, 0.6) is 5.75 Å². The van der Waals surface area contributed by atoms with Crippen molar-refractivity contribution in [2.24, 2.45) is 12.8 Å². The molecule has 0 saturated carbocycles. The summed E-state index contributed by atoms with van der Waals surface area (Å²) in [5.74, 6) is -2.45. The van der Waals surface area contributed by atoms with Crippen LogP contribution in [0.25, 0.3) is 22.3 Å². The van der Waals surface area contributed by atoms with Gasteiger partial charge in [0.2, 0.25) is 5.91 Å². The van der Waals surface area contributed by atoms with E-state index < -0.39 is 23.1 Å². The zero-order chi connectivity index (χ0) is 27.8. The number of nitrogens with zero attached hydrogens (tertiary/aromatic N) is 2. The number of aromatic nitrogens is 2.